The zero-order valence-electron chi connectivity index (χ0n) is 10.2. The lowest BCUT2D eigenvalue weighted by molar-refractivity contribution is -0.187. The fourth-order valence-electron chi connectivity index (χ4n) is 1.95. The summed E-state index contributed by atoms with van der Waals surface area (Å²) in [6, 6.07) is 0. The van der Waals surface area contributed by atoms with Crippen molar-refractivity contribution < 1.29 is 10.0 Å². The van der Waals surface area contributed by atoms with Crippen LogP contribution >= 0.6 is 0 Å². The van der Waals surface area contributed by atoms with Crippen LogP contribution in [0.2, 0.25) is 0 Å². The van der Waals surface area contributed by atoms with E-state index in [0.717, 1.165) is 5.71 Å². The minimum absolute atomic E-state index is 0.546. The summed E-state index contributed by atoms with van der Waals surface area (Å²) in [4.78, 5) is 9.17. The zero-order chi connectivity index (χ0) is 11.9. The van der Waals surface area contributed by atoms with Crippen LogP contribution in [0.15, 0.2) is 10.1 Å². The van der Waals surface area contributed by atoms with Crippen LogP contribution in [0.5, 0.6) is 0 Å². The molecule has 0 aromatic rings. The van der Waals surface area contributed by atoms with E-state index in [1.54, 1.807) is 0 Å². The fourth-order valence-corrected chi connectivity index (χ4v) is 1.95. The Morgan fingerprint density at radius 3 is 2.27 bits per heavy atom. The Balaban J connectivity index is 3.14. The van der Waals surface area contributed by atoms with Gasteiger partial charge in [0.2, 0.25) is 0 Å². The minimum Gasteiger partial charge on any atom is -0.399 e. The van der Waals surface area contributed by atoms with Crippen LogP contribution in [-0.4, -0.2) is 40.0 Å². The van der Waals surface area contributed by atoms with E-state index in [1.807, 2.05) is 34.6 Å². The molecule has 0 unspecified atom stereocenters. The molecule has 15 heavy (non-hydrogen) atoms. The molecular formula is C10H19N3O2. The first-order valence-electron chi connectivity index (χ1n) is 4.91. The van der Waals surface area contributed by atoms with E-state index in [2.05, 4.69) is 10.1 Å². The van der Waals surface area contributed by atoms with Gasteiger partial charge >= 0.3 is 0 Å². The van der Waals surface area contributed by atoms with Crippen LogP contribution in [0.3, 0.4) is 0 Å². The smallest absolute Gasteiger partial charge is 0.131 e. The molecule has 1 heterocycles. The van der Waals surface area contributed by atoms with Crippen molar-refractivity contribution in [3.05, 3.63) is 0 Å². The predicted octanol–water partition coefficient (Wildman–Crippen LogP) is 1.67. The first kappa shape index (κ1) is 12.1. The molecule has 0 aliphatic carbocycles. The van der Waals surface area contributed by atoms with Crippen LogP contribution in [0, 0.1) is 0 Å². The molecule has 86 valence electrons. The molecule has 0 spiro atoms. The van der Waals surface area contributed by atoms with E-state index >= 15 is 0 Å². The summed E-state index contributed by atoms with van der Waals surface area (Å²) in [5, 5.41) is 15.1. The van der Waals surface area contributed by atoms with Crippen molar-refractivity contribution in [1.29, 1.82) is 0 Å². The molecule has 1 N–H and O–H groups in total. The third kappa shape index (κ3) is 1.89. The lowest BCUT2D eigenvalue weighted by atomic mass is 9.95. The van der Waals surface area contributed by atoms with E-state index in [-0.39, 0.29) is 0 Å². The topological polar surface area (TPSA) is 57.4 Å². The van der Waals surface area contributed by atoms with E-state index in [9.17, 15) is 5.21 Å². The summed E-state index contributed by atoms with van der Waals surface area (Å²) < 4.78 is 0. The largest absolute Gasteiger partial charge is 0.399 e. The number of oxime groups is 1. The Morgan fingerprint density at radius 2 is 1.93 bits per heavy atom. The zero-order valence-corrected chi connectivity index (χ0v) is 10.2. The molecule has 0 bridgehead atoms. The third-order valence-electron chi connectivity index (χ3n) is 2.58. The fraction of sp³-hybridized carbons (Fsp3) is 0.800. The lowest BCUT2D eigenvalue weighted by Gasteiger charge is -2.33. The molecule has 1 aliphatic heterocycles. The van der Waals surface area contributed by atoms with Gasteiger partial charge in [0.15, 0.2) is 0 Å². The Labute approximate surface area is 90.4 Å². The van der Waals surface area contributed by atoms with Gasteiger partial charge in [-0.3, -0.25) is 4.99 Å². The maximum absolute atomic E-state index is 10.00. The normalized spacial score (nSPS) is 25.3. The van der Waals surface area contributed by atoms with E-state index in [0.29, 0.717) is 5.71 Å². The summed E-state index contributed by atoms with van der Waals surface area (Å²) in [5.41, 5.74) is 0.267. The van der Waals surface area contributed by atoms with E-state index in [4.69, 9.17) is 4.84 Å². The molecule has 5 nitrogen and oxygen atoms in total. The Kier molecular flexibility index (Phi) is 2.89. The number of nitrogens with zero attached hydrogens (tertiary/aromatic N) is 3. The summed E-state index contributed by atoms with van der Waals surface area (Å²) in [6.45, 7) is 9.31. The number of rotatable bonds is 2. The molecule has 0 amide bonds. The molecular weight excluding hydrogens is 194 g/mol. The predicted molar refractivity (Wildman–Crippen MR) is 59.3 cm³/mol. The quantitative estimate of drug-likeness (QED) is 0.560. The number of hydrogen-bond donors (Lipinski definition) is 1. The molecule has 0 radical (unpaired) electrons. The maximum atomic E-state index is 10.00. The average molecular weight is 213 g/mol. The summed E-state index contributed by atoms with van der Waals surface area (Å²) in [5.74, 6) is 0. The second-order valence-electron chi connectivity index (χ2n) is 4.68. The number of hydroxylamine groups is 2. The molecule has 0 saturated heterocycles. The van der Waals surface area contributed by atoms with Gasteiger partial charge in [-0.05, 0) is 34.6 Å². The second kappa shape index (κ2) is 3.57. The van der Waals surface area contributed by atoms with Crippen molar-refractivity contribution in [3.63, 3.8) is 0 Å². The molecule has 0 aromatic heterocycles. The van der Waals surface area contributed by atoms with Crippen molar-refractivity contribution in [3.8, 4) is 0 Å². The molecule has 1 rings (SSSR count). The summed E-state index contributed by atoms with van der Waals surface area (Å²) in [6.07, 6.45) is 0. The maximum Gasteiger partial charge on any atom is 0.131 e. The molecule has 5 heteroatoms. The Hall–Kier alpha value is -0.940. The van der Waals surface area contributed by atoms with Gasteiger partial charge in [-0.1, -0.05) is 5.16 Å². The van der Waals surface area contributed by atoms with Gasteiger partial charge in [0.1, 0.15) is 12.8 Å². The van der Waals surface area contributed by atoms with Crippen LogP contribution in [-0.2, 0) is 4.84 Å². The summed E-state index contributed by atoms with van der Waals surface area (Å²) in [7, 11) is 1.49. The van der Waals surface area contributed by atoms with Gasteiger partial charge in [0.05, 0.1) is 17.0 Å². The minimum atomic E-state index is -0.622. The lowest BCUT2D eigenvalue weighted by Crippen LogP contribution is -2.51. The first-order chi connectivity index (χ1) is 6.73. The second-order valence-corrected chi connectivity index (χ2v) is 4.68. The van der Waals surface area contributed by atoms with Crippen molar-refractivity contribution >= 4 is 11.4 Å². The van der Waals surface area contributed by atoms with Crippen molar-refractivity contribution in [2.45, 2.75) is 45.8 Å². The monoisotopic (exact) mass is 213 g/mol. The van der Waals surface area contributed by atoms with Crippen molar-refractivity contribution in [1.82, 2.24) is 5.06 Å². The van der Waals surface area contributed by atoms with Gasteiger partial charge < -0.3 is 10.0 Å². The first-order valence-corrected chi connectivity index (χ1v) is 4.91. The molecule has 0 saturated carbocycles. The van der Waals surface area contributed by atoms with Gasteiger partial charge in [0.25, 0.3) is 0 Å². The van der Waals surface area contributed by atoms with Crippen LogP contribution in [0.1, 0.15) is 34.6 Å². The molecule has 0 aromatic carbocycles. The molecule has 0 fully saturated rings. The standard InChI is InChI=1S/C10H19N3O2/c1-7(12-15-6)8-9(2,3)13(14)10(4,5)11-8/h14H,1-6H3/b12-7+. The molecule has 0 atom stereocenters. The summed E-state index contributed by atoms with van der Waals surface area (Å²) >= 11 is 0. The SMILES string of the molecule is CO/N=C(\C)C1=NC(C)(C)N(O)C1(C)C. The number of aliphatic imine (C=N–C) groups is 1. The van der Waals surface area contributed by atoms with Gasteiger partial charge in [-0.25, -0.2) is 0 Å². The van der Waals surface area contributed by atoms with Gasteiger partial charge in [-0.2, -0.15) is 5.06 Å². The van der Waals surface area contributed by atoms with E-state index in [1.165, 1.54) is 12.2 Å². The van der Waals surface area contributed by atoms with E-state index < -0.39 is 11.2 Å². The van der Waals surface area contributed by atoms with Crippen LogP contribution in [0.4, 0.5) is 0 Å². The molecule has 1 aliphatic rings. The highest BCUT2D eigenvalue weighted by Gasteiger charge is 2.48. The highest BCUT2D eigenvalue weighted by molar-refractivity contribution is 6.44. The Bertz CT molecular complexity index is 319. The Morgan fingerprint density at radius 1 is 1.40 bits per heavy atom. The van der Waals surface area contributed by atoms with Crippen LogP contribution in [0.25, 0.3) is 0 Å². The van der Waals surface area contributed by atoms with Gasteiger partial charge in [-0.15, -0.1) is 0 Å². The van der Waals surface area contributed by atoms with Crippen LogP contribution < -0.4 is 0 Å². The number of hydrogen-bond acceptors (Lipinski definition) is 5. The van der Waals surface area contributed by atoms with Crippen molar-refractivity contribution in [2.75, 3.05) is 7.11 Å². The van der Waals surface area contributed by atoms with Gasteiger partial charge in [0, 0.05) is 0 Å². The average Bonchev–Trinajstić information content (AvgIpc) is 2.27. The highest BCUT2D eigenvalue weighted by atomic mass is 16.6. The highest BCUT2D eigenvalue weighted by Crippen LogP contribution is 2.33. The van der Waals surface area contributed by atoms with Crippen molar-refractivity contribution in [2.24, 2.45) is 10.1 Å². The third-order valence-corrected chi connectivity index (χ3v) is 2.58.